The number of epoxide rings is 1. The van der Waals surface area contributed by atoms with E-state index in [1.54, 1.807) is 21.5 Å². The molecular weight excluding hydrogens is 270 g/mol. The molecule has 6 nitrogen and oxygen atoms in total. The lowest BCUT2D eigenvalue weighted by Crippen LogP contribution is -2.54. The minimum atomic E-state index is -0.574. The summed E-state index contributed by atoms with van der Waals surface area (Å²) in [4.78, 5) is 25.6. The van der Waals surface area contributed by atoms with E-state index in [-0.39, 0.29) is 29.6 Å². The van der Waals surface area contributed by atoms with Crippen LogP contribution in [0.2, 0.25) is 0 Å². The second-order valence-electron chi connectivity index (χ2n) is 5.99. The van der Waals surface area contributed by atoms with Crippen molar-refractivity contribution in [1.29, 1.82) is 0 Å². The molecule has 3 aliphatic heterocycles. The molecule has 6 heteroatoms. The molecule has 4 atom stereocenters. The molecule has 4 aliphatic rings. The first-order valence-electron chi connectivity index (χ1n) is 7.00. The summed E-state index contributed by atoms with van der Waals surface area (Å²) in [6, 6.07) is 8.85. The molecule has 0 spiro atoms. The van der Waals surface area contributed by atoms with Crippen molar-refractivity contribution < 1.29 is 4.74 Å². The van der Waals surface area contributed by atoms with E-state index in [9.17, 15) is 9.59 Å². The second-order valence-corrected chi connectivity index (χ2v) is 5.99. The van der Waals surface area contributed by atoms with Crippen molar-refractivity contribution in [3.8, 4) is 5.69 Å². The van der Waals surface area contributed by atoms with Gasteiger partial charge in [-0.3, -0.25) is 0 Å². The molecule has 2 aromatic rings. The normalized spacial score (nSPS) is 34.6. The summed E-state index contributed by atoms with van der Waals surface area (Å²) in [5.74, 6) is 0. The molecule has 106 valence electrons. The van der Waals surface area contributed by atoms with Crippen LogP contribution in [0.3, 0.4) is 0 Å². The fourth-order valence-corrected chi connectivity index (χ4v) is 3.72. The summed E-state index contributed by atoms with van der Waals surface area (Å²) in [6.07, 6.45) is 3.98. The van der Waals surface area contributed by atoms with E-state index < -0.39 is 5.54 Å². The van der Waals surface area contributed by atoms with Crippen molar-refractivity contribution in [3.05, 3.63) is 63.5 Å². The molecule has 0 N–H and O–H groups in total. The van der Waals surface area contributed by atoms with E-state index >= 15 is 0 Å². The maximum atomic E-state index is 12.8. The lowest BCUT2D eigenvalue weighted by atomic mass is 9.85. The van der Waals surface area contributed by atoms with Crippen LogP contribution >= 0.6 is 0 Å². The van der Waals surface area contributed by atoms with E-state index in [2.05, 4.69) is 0 Å². The molecule has 1 aromatic carbocycles. The standard InChI is InChI=1S/C15H13N3O3/c1-15-8-7-10(11-12(15)21-11)17-13(19)16(14(20)18(15)17)9-5-3-2-4-6-9/h2-8,10-12H,1H3/t10-,11?,12?,15+/m1/s1. The molecule has 1 saturated heterocycles. The fourth-order valence-electron chi connectivity index (χ4n) is 3.72. The zero-order valence-electron chi connectivity index (χ0n) is 11.3. The molecule has 21 heavy (non-hydrogen) atoms. The third-order valence-electron chi connectivity index (χ3n) is 4.80. The van der Waals surface area contributed by atoms with Gasteiger partial charge in [-0.2, -0.15) is 0 Å². The van der Waals surface area contributed by atoms with Gasteiger partial charge in [-0.05, 0) is 19.1 Å². The number of hydrogen-bond acceptors (Lipinski definition) is 3. The predicted molar refractivity (Wildman–Crippen MR) is 74.8 cm³/mol. The number of para-hydroxylation sites is 1. The van der Waals surface area contributed by atoms with Crippen LogP contribution < -0.4 is 11.4 Å². The van der Waals surface area contributed by atoms with E-state index in [1.165, 1.54) is 4.57 Å². The number of ether oxygens (including phenoxy) is 1. The largest absolute Gasteiger partial charge is 0.364 e. The lowest BCUT2D eigenvalue weighted by molar-refractivity contribution is 0.201. The molecule has 1 fully saturated rings. The van der Waals surface area contributed by atoms with Crippen LogP contribution in [0, 0.1) is 0 Å². The van der Waals surface area contributed by atoms with Crippen LogP contribution in [-0.4, -0.2) is 26.1 Å². The Balaban J connectivity index is 1.87. The van der Waals surface area contributed by atoms with Gasteiger partial charge in [0.25, 0.3) is 0 Å². The molecule has 0 amide bonds. The summed E-state index contributed by atoms with van der Waals surface area (Å²) in [5.41, 5.74) is -0.590. The maximum Gasteiger partial charge on any atom is 0.352 e. The molecule has 2 unspecified atom stereocenters. The van der Waals surface area contributed by atoms with Crippen molar-refractivity contribution in [3.63, 3.8) is 0 Å². The maximum absolute atomic E-state index is 12.8. The number of nitrogens with zero attached hydrogens (tertiary/aromatic N) is 3. The lowest BCUT2D eigenvalue weighted by Gasteiger charge is -2.37. The Morgan fingerprint density at radius 2 is 1.90 bits per heavy atom. The van der Waals surface area contributed by atoms with Gasteiger partial charge >= 0.3 is 11.4 Å². The smallest absolute Gasteiger partial charge is 0.352 e. The van der Waals surface area contributed by atoms with Crippen LogP contribution in [0.5, 0.6) is 0 Å². The first-order valence-corrected chi connectivity index (χ1v) is 7.00. The van der Waals surface area contributed by atoms with Crippen molar-refractivity contribution in [2.45, 2.75) is 30.7 Å². The van der Waals surface area contributed by atoms with Crippen LogP contribution in [0.1, 0.15) is 13.0 Å². The third-order valence-corrected chi connectivity index (χ3v) is 4.80. The topological polar surface area (TPSA) is 61.5 Å². The fraction of sp³-hybridized carbons (Fsp3) is 0.333. The van der Waals surface area contributed by atoms with E-state index in [0.717, 1.165) is 0 Å². The Kier molecular flexibility index (Phi) is 1.77. The molecule has 6 rings (SSSR count). The summed E-state index contributed by atoms with van der Waals surface area (Å²) in [6.45, 7) is 1.94. The minimum Gasteiger partial charge on any atom is -0.364 e. The number of hydrogen-bond donors (Lipinski definition) is 0. The Morgan fingerprint density at radius 3 is 2.67 bits per heavy atom. The predicted octanol–water partition coefficient (Wildman–Crippen LogP) is 0.408. The van der Waals surface area contributed by atoms with Gasteiger partial charge in [-0.15, -0.1) is 0 Å². The zero-order chi connectivity index (χ0) is 14.4. The average Bonchev–Trinajstić information content (AvgIpc) is 3.25. The van der Waals surface area contributed by atoms with Gasteiger partial charge in [-0.1, -0.05) is 30.4 Å². The van der Waals surface area contributed by atoms with Crippen LogP contribution in [0.4, 0.5) is 0 Å². The second kappa shape index (κ2) is 3.28. The summed E-state index contributed by atoms with van der Waals surface area (Å²) in [5, 5.41) is 0. The molecule has 1 aromatic heterocycles. The third kappa shape index (κ3) is 1.14. The number of benzene rings is 1. The quantitative estimate of drug-likeness (QED) is 0.562. The zero-order valence-corrected chi connectivity index (χ0v) is 11.3. The summed E-state index contributed by atoms with van der Waals surface area (Å²) in [7, 11) is 0. The monoisotopic (exact) mass is 283 g/mol. The van der Waals surface area contributed by atoms with Gasteiger partial charge in [-0.25, -0.2) is 23.5 Å². The number of aromatic nitrogens is 3. The highest BCUT2D eigenvalue weighted by Gasteiger charge is 2.64. The van der Waals surface area contributed by atoms with Crippen molar-refractivity contribution in [1.82, 2.24) is 13.9 Å². The molecule has 0 saturated carbocycles. The Hall–Kier alpha value is -2.34. The first-order chi connectivity index (χ1) is 10.1. The van der Waals surface area contributed by atoms with E-state index in [1.807, 2.05) is 37.3 Å². The minimum absolute atomic E-state index is 0.00350. The van der Waals surface area contributed by atoms with Gasteiger partial charge in [0.2, 0.25) is 0 Å². The summed E-state index contributed by atoms with van der Waals surface area (Å²) < 4.78 is 10.0. The van der Waals surface area contributed by atoms with Crippen LogP contribution in [0.25, 0.3) is 5.69 Å². The van der Waals surface area contributed by atoms with Gasteiger partial charge in [0, 0.05) is 0 Å². The molecule has 4 heterocycles. The highest BCUT2D eigenvalue weighted by molar-refractivity contribution is 5.33. The number of rotatable bonds is 1. The highest BCUT2D eigenvalue weighted by Crippen LogP contribution is 2.51. The molecule has 1 aliphatic carbocycles. The van der Waals surface area contributed by atoms with E-state index in [0.29, 0.717) is 5.69 Å². The van der Waals surface area contributed by atoms with Gasteiger partial charge in [0.05, 0.1) is 5.69 Å². The Labute approximate surface area is 119 Å². The van der Waals surface area contributed by atoms with Crippen LogP contribution in [-0.2, 0) is 10.3 Å². The molecule has 0 radical (unpaired) electrons. The Morgan fingerprint density at radius 1 is 1.14 bits per heavy atom. The first kappa shape index (κ1) is 11.3. The molecular formula is C15H13N3O3. The Bertz CT molecular complexity index is 904. The summed E-state index contributed by atoms with van der Waals surface area (Å²) >= 11 is 0. The average molecular weight is 283 g/mol. The van der Waals surface area contributed by atoms with Gasteiger partial charge < -0.3 is 4.74 Å². The van der Waals surface area contributed by atoms with Crippen molar-refractivity contribution >= 4 is 0 Å². The SMILES string of the molecule is C[C@]12C=C[C@H](C3OC31)n1c(=O)n(-c3ccccc3)c(=O)n12. The van der Waals surface area contributed by atoms with Crippen molar-refractivity contribution in [2.24, 2.45) is 0 Å². The van der Waals surface area contributed by atoms with Gasteiger partial charge in [0.1, 0.15) is 23.8 Å². The molecule has 2 bridgehead atoms. The van der Waals surface area contributed by atoms with Crippen LogP contribution in [0.15, 0.2) is 52.1 Å². The van der Waals surface area contributed by atoms with Gasteiger partial charge in [0.15, 0.2) is 0 Å². The van der Waals surface area contributed by atoms with E-state index in [4.69, 9.17) is 4.74 Å². The highest BCUT2D eigenvalue weighted by atomic mass is 16.6. The van der Waals surface area contributed by atoms with Crippen molar-refractivity contribution in [2.75, 3.05) is 0 Å².